The van der Waals surface area contributed by atoms with Gasteiger partial charge in [-0.1, -0.05) is 44.2 Å². The van der Waals surface area contributed by atoms with Crippen molar-refractivity contribution in [2.75, 3.05) is 6.54 Å². The zero-order valence-corrected chi connectivity index (χ0v) is 15.1. The van der Waals surface area contributed by atoms with Crippen molar-refractivity contribution in [2.24, 2.45) is 11.8 Å². The molecule has 2 amide bonds. The highest BCUT2D eigenvalue weighted by atomic mass is 16.5. The van der Waals surface area contributed by atoms with E-state index in [0.717, 1.165) is 5.56 Å². The van der Waals surface area contributed by atoms with Crippen LogP contribution in [0.15, 0.2) is 30.3 Å². The van der Waals surface area contributed by atoms with Crippen molar-refractivity contribution in [3.8, 4) is 0 Å². The predicted octanol–water partition coefficient (Wildman–Crippen LogP) is 1.39. The Morgan fingerprint density at radius 3 is 2.65 bits per heavy atom. The van der Waals surface area contributed by atoms with Crippen LogP contribution in [0.3, 0.4) is 0 Å². The highest BCUT2D eigenvalue weighted by Crippen LogP contribution is 2.20. The van der Waals surface area contributed by atoms with Crippen molar-refractivity contribution in [1.82, 2.24) is 10.6 Å². The van der Waals surface area contributed by atoms with E-state index in [4.69, 9.17) is 4.74 Å². The van der Waals surface area contributed by atoms with E-state index in [0.29, 0.717) is 13.0 Å². The van der Waals surface area contributed by atoms with E-state index in [1.165, 1.54) is 0 Å². The number of aliphatic hydroxyl groups excluding tert-OH is 1. The fourth-order valence-corrected chi connectivity index (χ4v) is 2.97. The van der Waals surface area contributed by atoms with Crippen LogP contribution in [0.2, 0.25) is 0 Å². The lowest BCUT2D eigenvalue weighted by Gasteiger charge is -2.29. The van der Waals surface area contributed by atoms with Crippen LogP contribution in [0.5, 0.6) is 0 Å². The molecule has 1 aliphatic heterocycles. The van der Waals surface area contributed by atoms with Crippen LogP contribution in [-0.2, 0) is 20.9 Å². The summed E-state index contributed by atoms with van der Waals surface area (Å²) in [7, 11) is 0. The van der Waals surface area contributed by atoms with Crippen LogP contribution in [0.1, 0.15) is 32.3 Å². The second-order valence-electron chi connectivity index (χ2n) is 6.88. The number of amides is 2. The molecule has 0 saturated carbocycles. The molecule has 0 aromatic heterocycles. The quantitative estimate of drug-likeness (QED) is 0.680. The number of rotatable bonds is 7. The standard InChI is InChI=1S/C19H26N2O5/c1-12(2)16(15(22)10-14-8-9-20-18(24)17(14)23)21-19(25)26-11-13-6-4-3-5-7-13/h3-7,12,14,16-17,23H,8-11H2,1-2H3,(H,20,24)(H,21,25)/t14?,16-,17?/m0/s1. The molecule has 3 N–H and O–H groups in total. The van der Waals surface area contributed by atoms with Gasteiger partial charge in [-0.3, -0.25) is 9.59 Å². The lowest BCUT2D eigenvalue weighted by atomic mass is 9.86. The van der Waals surface area contributed by atoms with Crippen LogP contribution in [0.25, 0.3) is 0 Å². The van der Waals surface area contributed by atoms with Crippen LogP contribution >= 0.6 is 0 Å². The summed E-state index contributed by atoms with van der Waals surface area (Å²) in [6, 6.07) is 8.53. The fourth-order valence-electron chi connectivity index (χ4n) is 2.97. The van der Waals surface area contributed by atoms with E-state index < -0.39 is 30.1 Å². The third-order valence-corrected chi connectivity index (χ3v) is 4.49. The molecular formula is C19H26N2O5. The summed E-state index contributed by atoms with van der Waals surface area (Å²) in [5.74, 6) is -1.23. The SMILES string of the molecule is CC(C)[C@H](NC(=O)OCc1ccccc1)C(=O)CC1CCNC(=O)C1O. The highest BCUT2D eigenvalue weighted by molar-refractivity contribution is 5.89. The number of nitrogens with one attached hydrogen (secondary N) is 2. The van der Waals surface area contributed by atoms with E-state index in [1.807, 2.05) is 44.2 Å². The lowest BCUT2D eigenvalue weighted by molar-refractivity contribution is -0.136. The minimum Gasteiger partial charge on any atom is -0.445 e. The molecule has 1 fully saturated rings. The number of ether oxygens (including phenoxy) is 1. The van der Waals surface area contributed by atoms with Gasteiger partial charge in [0.2, 0.25) is 5.91 Å². The Bertz CT molecular complexity index is 632. The molecule has 1 saturated heterocycles. The Hall–Kier alpha value is -2.41. The second kappa shape index (κ2) is 9.33. The zero-order valence-electron chi connectivity index (χ0n) is 15.1. The molecule has 0 aliphatic carbocycles. The summed E-state index contributed by atoms with van der Waals surface area (Å²) in [6.45, 7) is 4.20. The maximum absolute atomic E-state index is 12.6. The first-order valence-corrected chi connectivity index (χ1v) is 8.84. The molecule has 2 rings (SSSR count). The Labute approximate surface area is 153 Å². The molecule has 0 radical (unpaired) electrons. The van der Waals surface area contributed by atoms with Gasteiger partial charge in [0.25, 0.3) is 0 Å². The van der Waals surface area contributed by atoms with Crippen LogP contribution in [0.4, 0.5) is 4.79 Å². The van der Waals surface area contributed by atoms with Gasteiger partial charge in [-0.15, -0.1) is 0 Å². The van der Waals surface area contributed by atoms with Gasteiger partial charge in [-0.2, -0.15) is 0 Å². The molecule has 7 nitrogen and oxygen atoms in total. The van der Waals surface area contributed by atoms with Gasteiger partial charge >= 0.3 is 6.09 Å². The Kier molecular flexibility index (Phi) is 7.15. The topological polar surface area (TPSA) is 105 Å². The van der Waals surface area contributed by atoms with Gasteiger partial charge in [0.15, 0.2) is 5.78 Å². The summed E-state index contributed by atoms with van der Waals surface area (Å²) in [6.07, 6.45) is -1.29. The van der Waals surface area contributed by atoms with Crippen molar-refractivity contribution >= 4 is 17.8 Å². The predicted molar refractivity (Wildman–Crippen MR) is 95.1 cm³/mol. The molecule has 3 atom stereocenters. The number of aliphatic hydroxyl groups is 1. The normalized spacial score (nSPS) is 21.0. The zero-order chi connectivity index (χ0) is 19.1. The smallest absolute Gasteiger partial charge is 0.408 e. The number of hydrogen-bond donors (Lipinski definition) is 3. The highest BCUT2D eigenvalue weighted by Gasteiger charge is 2.34. The maximum atomic E-state index is 12.6. The van der Waals surface area contributed by atoms with Gasteiger partial charge in [-0.05, 0) is 17.9 Å². The number of carbonyl (C=O) groups excluding carboxylic acids is 3. The van der Waals surface area contributed by atoms with Gasteiger partial charge in [0.05, 0.1) is 6.04 Å². The third-order valence-electron chi connectivity index (χ3n) is 4.49. The minimum atomic E-state index is -1.19. The summed E-state index contributed by atoms with van der Waals surface area (Å²) in [5, 5.41) is 15.1. The number of piperidine rings is 1. The van der Waals surface area contributed by atoms with Crippen molar-refractivity contribution in [1.29, 1.82) is 0 Å². The molecule has 1 aliphatic rings. The summed E-state index contributed by atoms with van der Waals surface area (Å²) >= 11 is 0. The monoisotopic (exact) mass is 362 g/mol. The first-order chi connectivity index (χ1) is 12.4. The van der Waals surface area contributed by atoms with Gasteiger partial charge in [0, 0.05) is 18.9 Å². The molecule has 7 heteroatoms. The Morgan fingerprint density at radius 2 is 2.00 bits per heavy atom. The summed E-state index contributed by atoms with van der Waals surface area (Å²) in [5.41, 5.74) is 0.853. The molecule has 0 spiro atoms. The van der Waals surface area contributed by atoms with E-state index >= 15 is 0 Å². The molecule has 2 unspecified atom stereocenters. The number of benzene rings is 1. The van der Waals surface area contributed by atoms with Crippen molar-refractivity contribution < 1.29 is 24.2 Å². The van der Waals surface area contributed by atoms with E-state index in [9.17, 15) is 19.5 Å². The Balaban J connectivity index is 1.89. The average molecular weight is 362 g/mol. The summed E-state index contributed by atoms with van der Waals surface area (Å²) in [4.78, 5) is 36.2. The first-order valence-electron chi connectivity index (χ1n) is 8.84. The van der Waals surface area contributed by atoms with Crippen molar-refractivity contribution in [2.45, 2.75) is 45.4 Å². The van der Waals surface area contributed by atoms with Crippen LogP contribution in [0, 0.1) is 11.8 Å². The molecule has 1 aromatic carbocycles. The lowest BCUT2D eigenvalue weighted by Crippen LogP contribution is -2.49. The van der Waals surface area contributed by atoms with Crippen molar-refractivity contribution in [3.63, 3.8) is 0 Å². The second-order valence-corrected chi connectivity index (χ2v) is 6.88. The van der Waals surface area contributed by atoms with Gasteiger partial charge < -0.3 is 20.5 Å². The minimum absolute atomic E-state index is 0.0381. The molecule has 1 aromatic rings. The van der Waals surface area contributed by atoms with Gasteiger partial charge in [-0.25, -0.2) is 4.79 Å². The maximum Gasteiger partial charge on any atom is 0.408 e. The molecule has 0 bridgehead atoms. The molecular weight excluding hydrogens is 336 g/mol. The van der Waals surface area contributed by atoms with E-state index in [2.05, 4.69) is 10.6 Å². The number of alkyl carbamates (subject to hydrolysis) is 1. The average Bonchev–Trinajstić information content (AvgIpc) is 2.62. The first kappa shape index (κ1) is 19.9. The number of Topliss-reactive ketones (excluding diaryl/α,β-unsaturated/α-hetero) is 1. The Morgan fingerprint density at radius 1 is 1.31 bits per heavy atom. The third kappa shape index (κ3) is 5.56. The fraction of sp³-hybridized carbons (Fsp3) is 0.526. The van der Waals surface area contributed by atoms with E-state index in [-0.39, 0.29) is 24.7 Å². The largest absolute Gasteiger partial charge is 0.445 e. The number of carbonyl (C=O) groups is 3. The summed E-state index contributed by atoms with van der Waals surface area (Å²) < 4.78 is 5.17. The molecule has 142 valence electrons. The van der Waals surface area contributed by atoms with Crippen LogP contribution in [-0.4, -0.2) is 41.6 Å². The number of ketones is 1. The van der Waals surface area contributed by atoms with Gasteiger partial charge in [0.1, 0.15) is 12.7 Å². The number of hydrogen-bond acceptors (Lipinski definition) is 5. The van der Waals surface area contributed by atoms with Crippen molar-refractivity contribution in [3.05, 3.63) is 35.9 Å². The van der Waals surface area contributed by atoms with E-state index in [1.54, 1.807) is 0 Å². The molecule has 26 heavy (non-hydrogen) atoms. The van der Waals surface area contributed by atoms with Crippen LogP contribution < -0.4 is 10.6 Å². The molecule has 1 heterocycles.